The Labute approximate surface area is 199 Å². The van der Waals surface area contributed by atoms with Gasteiger partial charge in [0.05, 0.1) is 12.6 Å². The van der Waals surface area contributed by atoms with Gasteiger partial charge in [0, 0.05) is 47.9 Å². The molecule has 0 radical (unpaired) electrons. The predicted molar refractivity (Wildman–Crippen MR) is 133 cm³/mol. The minimum atomic E-state index is -0.431. The third-order valence-corrected chi connectivity index (χ3v) is 6.81. The molecule has 2 heterocycles. The Balaban J connectivity index is 1.87. The zero-order valence-electron chi connectivity index (χ0n) is 19.9. The van der Waals surface area contributed by atoms with E-state index in [4.69, 9.17) is 9.15 Å². The number of hydrogen-bond donors (Lipinski definition) is 1. The molecule has 1 fully saturated rings. The summed E-state index contributed by atoms with van der Waals surface area (Å²) in [7, 11) is 2.12. The van der Waals surface area contributed by atoms with Crippen LogP contribution in [0.5, 0.6) is 5.75 Å². The Morgan fingerprint density at radius 1 is 1.03 bits per heavy atom. The number of esters is 1. The van der Waals surface area contributed by atoms with Gasteiger partial charge in [-0.3, -0.25) is 4.90 Å². The molecule has 1 aliphatic heterocycles. The van der Waals surface area contributed by atoms with Crippen LogP contribution in [-0.4, -0.2) is 60.7 Å². The van der Waals surface area contributed by atoms with E-state index in [1.165, 1.54) is 0 Å². The number of furan rings is 1. The highest BCUT2D eigenvalue weighted by Gasteiger charge is 2.34. The average molecular weight is 459 g/mol. The van der Waals surface area contributed by atoms with Crippen molar-refractivity contribution in [3.8, 4) is 5.75 Å². The third kappa shape index (κ3) is 3.73. The van der Waals surface area contributed by atoms with Gasteiger partial charge in [0.2, 0.25) is 0 Å². The topological polar surface area (TPSA) is 66.2 Å². The van der Waals surface area contributed by atoms with Gasteiger partial charge in [-0.1, -0.05) is 54.6 Å². The van der Waals surface area contributed by atoms with Crippen molar-refractivity contribution in [2.24, 2.45) is 0 Å². The molecule has 1 saturated heterocycles. The van der Waals surface area contributed by atoms with Gasteiger partial charge in [-0.2, -0.15) is 0 Å². The van der Waals surface area contributed by atoms with E-state index >= 15 is 0 Å². The lowest BCUT2D eigenvalue weighted by molar-refractivity contribution is 0.0526. The van der Waals surface area contributed by atoms with Gasteiger partial charge < -0.3 is 19.2 Å². The molecule has 1 aromatic heterocycles. The maximum absolute atomic E-state index is 13.1. The fourth-order valence-electron chi connectivity index (χ4n) is 5.13. The largest absolute Gasteiger partial charge is 0.507 e. The highest BCUT2D eigenvalue weighted by atomic mass is 16.5. The second-order valence-electron chi connectivity index (χ2n) is 8.92. The van der Waals surface area contributed by atoms with Crippen molar-refractivity contribution in [1.82, 2.24) is 9.80 Å². The smallest absolute Gasteiger partial charge is 0.342 e. The fraction of sp³-hybridized carbons (Fsp3) is 0.321. The van der Waals surface area contributed by atoms with Crippen LogP contribution in [0.15, 0.2) is 59.0 Å². The van der Waals surface area contributed by atoms with Crippen molar-refractivity contribution < 1.29 is 19.1 Å². The molecule has 1 N–H and O–H groups in total. The molecule has 3 aromatic carbocycles. The van der Waals surface area contributed by atoms with E-state index < -0.39 is 5.97 Å². The first-order valence-corrected chi connectivity index (χ1v) is 11.8. The molecule has 0 bridgehead atoms. The molecule has 34 heavy (non-hydrogen) atoms. The van der Waals surface area contributed by atoms with Crippen molar-refractivity contribution in [2.75, 3.05) is 39.8 Å². The molecule has 1 aliphatic rings. The number of carbonyl (C=O) groups is 1. The quantitative estimate of drug-likeness (QED) is 0.419. The number of likely N-dealkylation sites (N-methyl/N-ethyl adjacent to an activating group) is 1. The van der Waals surface area contributed by atoms with Crippen LogP contribution in [0.3, 0.4) is 0 Å². The zero-order valence-corrected chi connectivity index (χ0v) is 19.9. The van der Waals surface area contributed by atoms with Crippen molar-refractivity contribution in [2.45, 2.75) is 19.9 Å². The number of nitrogens with zero attached hydrogens (tertiary/aromatic N) is 2. The number of ether oxygens (including phenoxy) is 1. The number of fused-ring (bicyclic) bond motifs is 3. The van der Waals surface area contributed by atoms with E-state index in [1.54, 1.807) is 13.8 Å². The molecule has 0 saturated carbocycles. The van der Waals surface area contributed by atoms with Gasteiger partial charge >= 0.3 is 5.97 Å². The molecule has 6 heteroatoms. The van der Waals surface area contributed by atoms with Crippen molar-refractivity contribution in [3.63, 3.8) is 0 Å². The normalized spacial score (nSPS) is 16.2. The SMILES string of the molecule is CCOC(=O)c1c(C)oc2c1c([C@H](c1ccccc1)N1CCN(C)CC1)c(O)c1ccccc12. The third-order valence-electron chi connectivity index (χ3n) is 6.81. The number of hydrogen-bond acceptors (Lipinski definition) is 6. The Hall–Kier alpha value is -3.35. The number of benzene rings is 3. The van der Waals surface area contributed by atoms with Gasteiger partial charge in [-0.05, 0) is 26.5 Å². The van der Waals surface area contributed by atoms with E-state index in [-0.39, 0.29) is 18.4 Å². The molecule has 0 aliphatic carbocycles. The number of aryl methyl sites for hydroxylation is 1. The molecular formula is C28H30N2O4. The van der Waals surface area contributed by atoms with Gasteiger partial charge in [0.25, 0.3) is 0 Å². The van der Waals surface area contributed by atoms with E-state index in [2.05, 4.69) is 29.0 Å². The average Bonchev–Trinajstić information content (AvgIpc) is 3.20. The van der Waals surface area contributed by atoms with E-state index in [0.29, 0.717) is 33.2 Å². The highest BCUT2D eigenvalue weighted by molar-refractivity contribution is 6.16. The predicted octanol–water partition coefficient (Wildman–Crippen LogP) is 5.11. The number of phenols is 1. The van der Waals surface area contributed by atoms with Crippen LogP contribution in [0.2, 0.25) is 0 Å². The van der Waals surface area contributed by atoms with E-state index in [9.17, 15) is 9.90 Å². The molecular weight excluding hydrogens is 428 g/mol. The van der Waals surface area contributed by atoms with Gasteiger partial charge in [0.1, 0.15) is 22.7 Å². The first-order chi connectivity index (χ1) is 16.5. The summed E-state index contributed by atoms with van der Waals surface area (Å²) in [6.45, 7) is 7.38. The van der Waals surface area contributed by atoms with E-state index in [0.717, 1.165) is 37.1 Å². The summed E-state index contributed by atoms with van der Waals surface area (Å²) in [6, 6.07) is 17.6. The van der Waals surface area contributed by atoms with Crippen LogP contribution in [0.4, 0.5) is 0 Å². The lowest BCUT2D eigenvalue weighted by Gasteiger charge is -2.39. The Morgan fingerprint density at radius 3 is 2.35 bits per heavy atom. The van der Waals surface area contributed by atoms with Crippen LogP contribution in [0.1, 0.15) is 40.2 Å². The molecule has 0 amide bonds. The standard InChI is InChI=1S/C28H30N2O4/c1-4-33-28(32)22-18(2)34-27-21-13-9-8-12-20(21)26(31)24(23(22)27)25(19-10-6-5-7-11-19)30-16-14-29(3)15-17-30/h5-13,25,31H,4,14-17H2,1-3H3/t25-/m0/s1. The molecule has 6 nitrogen and oxygen atoms in total. The number of rotatable bonds is 5. The van der Waals surface area contributed by atoms with Crippen molar-refractivity contribution in [3.05, 3.63) is 77.0 Å². The van der Waals surface area contributed by atoms with Crippen LogP contribution in [0.25, 0.3) is 21.7 Å². The summed E-state index contributed by atoms with van der Waals surface area (Å²) in [6.07, 6.45) is 0. The van der Waals surface area contributed by atoms with Crippen LogP contribution < -0.4 is 0 Å². The minimum Gasteiger partial charge on any atom is -0.507 e. The molecule has 1 atom stereocenters. The van der Waals surface area contributed by atoms with Crippen LogP contribution in [0, 0.1) is 6.92 Å². The van der Waals surface area contributed by atoms with Crippen molar-refractivity contribution >= 4 is 27.7 Å². The summed E-state index contributed by atoms with van der Waals surface area (Å²) >= 11 is 0. The molecule has 0 spiro atoms. The molecule has 5 rings (SSSR count). The first kappa shape index (κ1) is 22.4. The molecule has 176 valence electrons. The second-order valence-corrected chi connectivity index (χ2v) is 8.92. The maximum Gasteiger partial charge on any atom is 0.342 e. The Kier molecular flexibility index (Phi) is 6.02. The number of phenolic OH excluding ortho intramolecular Hbond substituents is 1. The van der Waals surface area contributed by atoms with Gasteiger partial charge in [0.15, 0.2) is 0 Å². The first-order valence-electron chi connectivity index (χ1n) is 11.8. The monoisotopic (exact) mass is 458 g/mol. The van der Waals surface area contributed by atoms with Crippen LogP contribution >= 0.6 is 0 Å². The molecule has 0 unspecified atom stereocenters. The number of carbonyl (C=O) groups excluding carboxylic acids is 1. The summed E-state index contributed by atoms with van der Waals surface area (Å²) in [5, 5.41) is 13.9. The van der Waals surface area contributed by atoms with E-state index in [1.807, 2.05) is 42.5 Å². The maximum atomic E-state index is 13.1. The Morgan fingerprint density at radius 2 is 1.68 bits per heavy atom. The van der Waals surface area contributed by atoms with Gasteiger partial charge in [-0.25, -0.2) is 4.79 Å². The zero-order chi connectivity index (χ0) is 23.8. The molecule has 4 aromatic rings. The minimum absolute atomic E-state index is 0.183. The number of piperazine rings is 1. The summed E-state index contributed by atoms with van der Waals surface area (Å²) in [5.41, 5.74) is 2.76. The lowest BCUT2D eigenvalue weighted by atomic mass is 9.88. The van der Waals surface area contributed by atoms with Crippen LogP contribution in [-0.2, 0) is 4.74 Å². The summed E-state index contributed by atoms with van der Waals surface area (Å²) in [5.74, 6) is 0.248. The number of aromatic hydroxyl groups is 1. The second kappa shape index (κ2) is 9.12. The fourth-order valence-corrected chi connectivity index (χ4v) is 5.13. The van der Waals surface area contributed by atoms with Crippen molar-refractivity contribution in [1.29, 1.82) is 0 Å². The summed E-state index contributed by atoms with van der Waals surface area (Å²) in [4.78, 5) is 17.8. The highest BCUT2D eigenvalue weighted by Crippen LogP contribution is 2.47. The van der Waals surface area contributed by atoms with Gasteiger partial charge in [-0.15, -0.1) is 0 Å². The summed E-state index contributed by atoms with van der Waals surface area (Å²) < 4.78 is 11.7. The lowest BCUT2D eigenvalue weighted by Crippen LogP contribution is -2.46. The Bertz CT molecular complexity index is 1340.